The van der Waals surface area contributed by atoms with Gasteiger partial charge in [-0.25, -0.2) is 0 Å². The molecule has 0 saturated carbocycles. The second-order valence-electron chi connectivity index (χ2n) is 5.97. The topological polar surface area (TPSA) is 49.3 Å². The molecule has 1 fully saturated rings. The molecule has 1 saturated heterocycles. The highest BCUT2D eigenvalue weighted by atomic mass is 16.2. The number of aromatic nitrogens is 2. The van der Waals surface area contributed by atoms with E-state index in [-0.39, 0.29) is 5.91 Å². The minimum absolute atomic E-state index is 0.00128. The standard InChI is InChI=1S/C17H28N4O/c1-3-11-21(12-4-2)17(22)15-9-10-16(19-18-15)20-13-7-5-6-8-14-20/h9-10H,3-8,11-14H2,1-2H3. The summed E-state index contributed by atoms with van der Waals surface area (Å²) in [5.41, 5.74) is 0.459. The van der Waals surface area contributed by atoms with Crippen LogP contribution in [-0.4, -0.2) is 47.2 Å². The number of hydrogen-bond acceptors (Lipinski definition) is 4. The average molecular weight is 304 g/mol. The van der Waals surface area contributed by atoms with Crippen LogP contribution in [0.1, 0.15) is 62.9 Å². The summed E-state index contributed by atoms with van der Waals surface area (Å²) < 4.78 is 0. The molecule has 5 nitrogen and oxygen atoms in total. The third-order valence-electron chi connectivity index (χ3n) is 4.07. The largest absolute Gasteiger partial charge is 0.355 e. The second-order valence-corrected chi connectivity index (χ2v) is 5.97. The van der Waals surface area contributed by atoms with Crippen molar-refractivity contribution in [1.29, 1.82) is 0 Å². The Kier molecular flexibility index (Phi) is 6.62. The molecule has 0 radical (unpaired) electrons. The minimum Gasteiger partial charge on any atom is -0.355 e. The molecule has 2 heterocycles. The number of nitrogens with zero attached hydrogens (tertiary/aromatic N) is 4. The first-order valence-electron chi connectivity index (χ1n) is 8.64. The van der Waals surface area contributed by atoms with Gasteiger partial charge < -0.3 is 9.80 Å². The maximum absolute atomic E-state index is 12.5. The van der Waals surface area contributed by atoms with Crippen LogP contribution in [0.5, 0.6) is 0 Å². The molecular weight excluding hydrogens is 276 g/mol. The van der Waals surface area contributed by atoms with Gasteiger partial charge in [0.25, 0.3) is 5.91 Å². The highest BCUT2D eigenvalue weighted by Gasteiger charge is 2.17. The van der Waals surface area contributed by atoms with Crippen molar-refractivity contribution in [3.05, 3.63) is 17.8 Å². The molecule has 1 aromatic heterocycles. The Labute approximate surface area is 133 Å². The van der Waals surface area contributed by atoms with Crippen LogP contribution in [0.3, 0.4) is 0 Å². The molecule has 5 heteroatoms. The van der Waals surface area contributed by atoms with Crippen molar-refractivity contribution in [2.24, 2.45) is 0 Å². The lowest BCUT2D eigenvalue weighted by molar-refractivity contribution is 0.0748. The van der Waals surface area contributed by atoms with E-state index in [0.717, 1.165) is 44.8 Å². The van der Waals surface area contributed by atoms with E-state index >= 15 is 0 Å². The van der Waals surface area contributed by atoms with Gasteiger partial charge in [0.05, 0.1) is 0 Å². The summed E-state index contributed by atoms with van der Waals surface area (Å²) in [5, 5.41) is 8.48. The molecule has 1 amide bonds. The molecule has 1 aliphatic rings. The molecule has 0 spiro atoms. The van der Waals surface area contributed by atoms with Gasteiger partial charge in [-0.05, 0) is 37.8 Å². The number of hydrogen-bond donors (Lipinski definition) is 0. The zero-order valence-electron chi connectivity index (χ0n) is 13.9. The van der Waals surface area contributed by atoms with Gasteiger partial charge >= 0.3 is 0 Å². The predicted octanol–water partition coefficient (Wildman–Crippen LogP) is 3.12. The first kappa shape index (κ1) is 16.7. The average Bonchev–Trinajstić information content (AvgIpc) is 2.83. The summed E-state index contributed by atoms with van der Waals surface area (Å²) in [4.78, 5) is 16.6. The van der Waals surface area contributed by atoms with E-state index in [9.17, 15) is 4.79 Å². The van der Waals surface area contributed by atoms with Crippen molar-refractivity contribution in [2.75, 3.05) is 31.1 Å². The van der Waals surface area contributed by atoms with E-state index in [0.29, 0.717) is 5.69 Å². The fourth-order valence-electron chi connectivity index (χ4n) is 2.92. The molecule has 22 heavy (non-hydrogen) atoms. The van der Waals surface area contributed by atoms with Crippen LogP contribution < -0.4 is 4.90 Å². The van der Waals surface area contributed by atoms with Crippen molar-refractivity contribution in [3.63, 3.8) is 0 Å². The molecule has 0 aromatic carbocycles. The number of rotatable bonds is 6. The lowest BCUT2D eigenvalue weighted by Gasteiger charge is -2.22. The Morgan fingerprint density at radius 2 is 1.68 bits per heavy atom. The molecule has 0 bridgehead atoms. The van der Waals surface area contributed by atoms with E-state index in [2.05, 4.69) is 28.9 Å². The molecule has 0 aliphatic carbocycles. The molecule has 0 atom stereocenters. The zero-order valence-corrected chi connectivity index (χ0v) is 13.9. The molecule has 2 rings (SSSR count). The molecule has 0 unspecified atom stereocenters. The maximum atomic E-state index is 12.5. The second kappa shape index (κ2) is 8.71. The van der Waals surface area contributed by atoms with Gasteiger partial charge in [-0.2, -0.15) is 0 Å². The smallest absolute Gasteiger partial charge is 0.274 e. The van der Waals surface area contributed by atoms with Gasteiger partial charge in [-0.15, -0.1) is 10.2 Å². The van der Waals surface area contributed by atoms with E-state index in [1.165, 1.54) is 25.7 Å². The van der Waals surface area contributed by atoms with Gasteiger partial charge in [0.2, 0.25) is 0 Å². The third kappa shape index (κ3) is 4.42. The van der Waals surface area contributed by atoms with Crippen molar-refractivity contribution in [1.82, 2.24) is 15.1 Å². The fourth-order valence-corrected chi connectivity index (χ4v) is 2.92. The lowest BCUT2D eigenvalue weighted by atomic mass is 10.2. The Morgan fingerprint density at radius 3 is 2.18 bits per heavy atom. The molecule has 122 valence electrons. The first-order chi connectivity index (χ1) is 10.8. The fraction of sp³-hybridized carbons (Fsp3) is 0.706. The summed E-state index contributed by atoms with van der Waals surface area (Å²) in [7, 11) is 0. The summed E-state index contributed by atoms with van der Waals surface area (Å²) >= 11 is 0. The minimum atomic E-state index is -0.00128. The molecular formula is C17H28N4O. The lowest BCUT2D eigenvalue weighted by Crippen LogP contribution is -2.33. The van der Waals surface area contributed by atoms with Crippen LogP contribution in [0.4, 0.5) is 5.82 Å². The Bertz CT molecular complexity index is 446. The van der Waals surface area contributed by atoms with Gasteiger partial charge in [0, 0.05) is 26.2 Å². The molecule has 0 N–H and O–H groups in total. The first-order valence-corrected chi connectivity index (χ1v) is 8.64. The van der Waals surface area contributed by atoms with Crippen LogP contribution in [0, 0.1) is 0 Å². The summed E-state index contributed by atoms with van der Waals surface area (Å²) in [6.45, 7) is 7.82. The molecule has 1 aliphatic heterocycles. The number of carbonyl (C=O) groups is 1. The van der Waals surface area contributed by atoms with Crippen LogP contribution >= 0.6 is 0 Å². The highest BCUT2D eigenvalue weighted by molar-refractivity contribution is 5.92. The van der Waals surface area contributed by atoms with Crippen molar-refractivity contribution in [2.45, 2.75) is 52.4 Å². The monoisotopic (exact) mass is 304 g/mol. The Balaban J connectivity index is 2.04. The number of amides is 1. The Hall–Kier alpha value is -1.65. The number of carbonyl (C=O) groups excluding carboxylic acids is 1. The van der Waals surface area contributed by atoms with E-state index < -0.39 is 0 Å². The normalized spacial score (nSPS) is 15.5. The van der Waals surface area contributed by atoms with E-state index in [4.69, 9.17) is 0 Å². The van der Waals surface area contributed by atoms with Crippen LogP contribution in [0.25, 0.3) is 0 Å². The third-order valence-corrected chi connectivity index (χ3v) is 4.07. The summed E-state index contributed by atoms with van der Waals surface area (Å²) in [5.74, 6) is 0.898. The predicted molar refractivity (Wildman–Crippen MR) is 89.2 cm³/mol. The Morgan fingerprint density at radius 1 is 1.05 bits per heavy atom. The summed E-state index contributed by atoms with van der Waals surface area (Å²) in [6.07, 6.45) is 6.94. The van der Waals surface area contributed by atoms with Gasteiger partial charge in [0.1, 0.15) is 0 Å². The van der Waals surface area contributed by atoms with Crippen LogP contribution in [-0.2, 0) is 0 Å². The maximum Gasteiger partial charge on any atom is 0.274 e. The zero-order chi connectivity index (χ0) is 15.8. The van der Waals surface area contributed by atoms with Gasteiger partial charge in [-0.3, -0.25) is 4.79 Å². The van der Waals surface area contributed by atoms with Crippen molar-refractivity contribution in [3.8, 4) is 0 Å². The number of anilines is 1. The van der Waals surface area contributed by atoms with Crippen molar-refractivity contribution < 1.29 is 4.79 Å². The summed E-state index contributed by atoms with van der Waals surface area (Å²) in [6, 6.07) is 3.77. The van der Waals surface area contributed by atoms with E-state index in [1.807, 2.05) is 17.0 Å². The van der Waals surface area contributed by atoms with Crippen molar-refractivity contribution >= 4 is 11.7 Å². The highest BCUT2D eigenvalue weighted by Crippen LogP contribution is 2.17. The van der Waals surface area contributed by atoms with Crippen LogP contribution in [0.2, 0.25) is 0 Å². The van der Waals surface area contributed by atoms with Crippen LogP contribution in [0.15, 0.2) is 12.1 Å². The van der Waals surface area contributed by atoms with E-state index in [1.54, 1.807) is 0 Å². The molecule has 1 aromatic rings. The quantitative estimate of drug-likeness (QED) is 0.810. The van der Waals surface area contributed by atoms with Gasteiger partial charge in [-0.1, -0.05) is 26.7 Å². The van der Waals surface area contributed by atoms with Gasteiger partial charge in [0.15, 0.2) is 11.5 Å². The SMILES string of the molecule is CCCN(CCC)C(=O)c1ccc(N2CCCCCC2)nn1.